The standard InChI is InChI=1S/C58H41NO2/c1-57(2)45-21-10-6-17-40(45)43-32-29-37(35-50(43)57)36-27-30-39(31-28-36)59(38-15-4-3-5-16-38)51-25-14-26-52-55(51)60-53-34-33-49-54(56(53)61-52)44-20-9-13-24-48(44)58(49)46-22-11-7-18-41(46)42-19-8-12-23-47(42)58/h3-35,41,46H,1-2H3. The molecule has 3 nitrogen and oxygen atoms in total. The molecule has 4 aliphatic carbocycles. The van der Waals surface area contributed by atoms with Gasteiger partial charge < -0.3 is 14.4 Å². The predicted octanol–water partition coefficient (Wildman–Crippen LogP) is 15.2. The fraction of sp³-hybridized carbons (Fsp3) is 0.103. The number of benzene rings is 8. The van der Waals surface area contributed by atoms with Gasteiger partial charge in [-0.1, -0.05) is 166 Å². The Morgan fingerprint density at radius 1 is 0.459 bits per heavy atom. The summed E-state index contributed by atoms with van der Waals surface area (Å²) >= 11 is 0. The number of allylic oxidation sites excluding steroid dienone is 4. The summed E-state index contributed by atoms with van der Waals surface area (Å²) in [6.07, 6.45) is 9.24. The summed E-state index contributed by atoms with van der Waals surface area (Å²) in [5.74, 6) is 3.43. The van der Waals surface area contributed by atoms with Crippen molar-refractivity contribution in [1.29, 1.82) is 0 Å². The molecule has 0 saturated heterocycles. The molecule has 1 heterocycles. The van der Waals surface area contributed by atoms with Crippen LogP contribution in [-0.4, -0.2) is 0 Å². The van der Waals surface area contributed by atoms with E-state index in [-0.39, 0.29) is 16.7 Å². The van der Waals surface area contributed by atoms with Crippen LogP contribution in [0.1, 0.15) is 53.1 Å². The summed E-state index contributed by atoms with van der Waals surface area (Å²) in [5.41, 5.74) is 18.1. The second-order valence-corrected chi connectivity index (χ2v) is 17.5. The van der Waals surface area contributed by atoms with Crippen molar-refractivity contribution in [3.05, 3.63) is 234 Å². The third kappa shape index (κ3) is 4.64. The summed E-state index contributed by atoms with van der Waals surface area (Å²) in [6, 6.07) is 63.9. The Kier molecular flexibility index (Phi) is 7.11. The number of ether oxygens (including phenoxy) is 2. The first-order valence-electron chi connectivity index (χ1n) is 21.4. The fourth-order valence-corrected chi connectivity index (χ4v) is 11.6. The first-order valence-corrected chi connectivity index (χ1v) is 21.4. The Hall–Kier alpha value is -7.36. The lowest BCUT2D eigenvalue weighted by atomic mass is 9.65. The molecule has 3 heteroatoms. The van der Waals surface area contributed by atoms with Crippen LogP contribution in [0, 0.1) is 5.92 Å². The lowest BCUT2D eigenvalue weighted by Gasteiger charge is -2.36. The first-order chi connectivity index (χ1) is 30.0. The van der Waals surface area contributed by atoms with Crippen molar-refractivity contribution < 1.29 is 9.47 Å². The normalized spacial score (nSPS) is 19.6. The fourth-order valence-electron chi connectivity index (χ4n) is 11.6. The number of anilines is 3. The van der Waals surface area contributed by atoms with Gasteiger partial charge in [-0.15, -0.1) is 0 Å². The highest BCUT2D eigenvalue weighted by Gasteiger charge is 2.58. The number of hydrogen-bond donors (Lipinski definition) is 0. The minimum absolute atomic E-state index is 0.0563. The van der Waals surface area contributed by atoms with E-state index in [1.54, 1.807) is 0 Å². The van der Waals surface area contributed by atoms with E-state index in [1.807, 2.05) is 6.07 Å². The Morgan fingerprint density at radius 3 is 1.97 bits per heavy atom. The van der Waals surface area contributed by atoms with Crippen LogP contribution in [-0.2, 0) is 10.8 Å². The molecule has 0 bridgehead atoms. The third-order valence-electron chi connectivity index (χ3n) is 14.2. The monoisotopic (exact) mass is 783 g/mol. The molecule has 1 spiro atoms. The van der Waals surface area contributed by atoms with Crippen LogP contribution < -0.4 is 14.4 Å². The number of para-hydroxylation sites is 2. The maximum Gasteiger partial charge on any atom is 0.194 e. The lowest BCUT2D eigenvalue weighted by molar-refractivity contribution is 0.360. The minimum Gasteiger partial charge on any atom is -0.449 e. The first kappa shape index (κ1) is 34.5. The van der Waals surface area contributed by atoms with Crippen molar-refractivity contribution in [2.24, 2.45) is 5.92 Å². The zero-order valence-electron chi connectivity index (χ0n) is 34.0. The molecule has 5 aliphatic rings. The van der Waals surface area contributed by atoms with Crippen LogP contribution in [0.3, 0.4) is 0 Å². The second kappa shape index (κ2) is 12.6. The van der Waals surface area contributed by atoms with Crippen molar-refractivity contribution in [2.45, 2.75) is 30.6 Å². The Labute approximate surface area is 356 Å². The SMILES string of the molecule is CC1(C)c2ccccc2-c2ccc(-c3ccc(N(c4ccccc4)c4cccc5c4Oc4ccc6c(c4O5)-c4ccccc4C64c5ccccc5C5C=CC=CC54)cc3)cc21. The van der Waals surface area contributed by atoms with Crippen molar-refractivity contribution in [3.8, 4) is 56.4 Å². The van der Waals surface area contributed by atoms with Gasteiger partial charge in [-0.05, 0) is 110 Å². The van der Waals surface area contributed by atoms with E-state index < -0.39 is 0 Å². The molecule has 0 saturated carbocycles. The summed E-state index contributed by atoms with van der Waals surface area (Å²) < 4.78 is 14.2. The van der Waals surface area contributed by atoms with Crippen molar-refractivity contribution in [2.75, 3.05) is 4.90 Å². The molecule has 3 atom stereocenters. The van der Waals surface area contributed by atoms with Gasteiger partial charge in [0, 0.05) is 34.2 Å². The van der Waals surface area contributed by atoms with Crippen LogP contribution in [0.2, 0.25) is 0 Å². The van der Waals surface area contributed by atoms with Crippen LogP contribution in [0.4, 0.5) is 17.1 Å². The highest BCUT2D eigenvalue weighted by atomic mass is 16.6. The molecule has 8 aromatic rings. The smallest absolute Gasteiger partial charge is 0.194 e. The number of rotatable bonds is 4. The van der Waals surface area contributed by atoms with Gasteiger partial charge in [-0.3, -0.25) is 0 Å². The van der Waals surface area contributed by atoms with Gasteiger partial charge >= 0.3 is 0 Å². The zero-order valence-corrected chi connectivity index (χ0v) is 34.0. The molecule has 61 heavy (non-hydrogen) atoms. The van der Waals surface area contributed by atoms with Gasteiger partial charge in [0.05, 0.1) is 11.1 Å². The van der Waals surface area contributed by atoms with Gasteiger partial charge in [0.2, 0.25) is 0 Å². The van der Waals surface area contributed by atoms with Crippen LogP contribution in [0.25, 0.3) is 33.4 Å². The highest BCUT2D eigenvalue weighted by molar-refractivity contribution is 5.93. The van der Waals surface area contributed by atoms with Crippen LogP contribution in [0.5, 0.6) is 23.0 Å². The Bertz CT molecular complexity index is 3190. The van der Waals surface area contributed by atoms with Gasteiger partial charge in [0.25, 0.3) is 0 Å². The summed E-state index contributed by atoms with van der Waals surface area (Å²) in [6.45, 7) is 4.68. The third-order valence-corrected chi connectivity index (χ3v) is 14.2. The van der Waals surface area contributed by atoms with E-state index in [0.29, 0.717) is 17.4 Å². The highest BCUT2D eigenvalue weighted by Crippen LogP contribution is 2.68. The summed E-state index contributed by atoms with van der Waals surface area (Å²) in [5, 5.41) is 0. The summed E-state index contributed by atoms with van der Waals surface area (Å²) in [4.78, 5) is 2.27. The average molecular weight is 784 g/mol. The molecule has 8 aromatic carbocycles. The van der Waals surface area contributed by atoms with E-state index in [1.165, 1.54) is 61.2 Å². The number of fused-ring (bicyclic) bond motifs is 16. The maximum atomic E-state index is 7.14. The molecule has 3 unspecified atom stereocenters. The number of hydrogen-bond acceptors (Lipinski definition) is 3. The van der Waals surface area contributed by atoms with Crippen molar-refractivity contribution in [3.63, 3.8) is 0 Å². The molecule has 0 amide bonds. The molecule has 0 N–H and O–H groups in total. The number of nitrogens with zero attached hydrogens (tertiary/aromatic N) is 1. The molecule has 0 fully saturated rings. The molecule has 1 aliphatic heterocycles. The molecular weight excluding hydrogens is 743 g/mol. The van der Waals surface area contributed by atoms with E-state index >= 15 is 0 Å². The molecule has 0 aromatic heterocycles. The second-order valence-electron chi connectivity index (χ2n) is 17.5. The van der Waals surface area contributed by atoms with E-state index in [0.717, 1.165) is 34.1 Å². The summed E-state index contributed by atoms with van der Waals surface area (Å²) in [7, 11) is 0. The quantitative estimate of drug-likeness (QED) is 0.177. The zero-order chi connectivity index (χ0) is 40.5. The van der Waals surface area contributed by atoms with Gasteiger partial charge in [0.1, 0.15) is 0 Å². The van der Waals surface area contributed by atoms with E-state index in [2.05, 4.69) is 213 Å². The topological polar surface area (TPSA) is 21.7 Å². The van der Waals surface area contributed by atoms with E-state index in [4.69, 9.17) is 9.47 Å². The van der Waals surface area contributed by atoms with Crippen LogP contribution in [0.15, 0.2) is 200 Å². The maximum absolute atomic E-state index is 7.14. The molecule has 13 rings (SSSR count). The van der Waals surface area contributed by atoms with Gasteiger partial charge in [0.15, 0.2) is 23.0 Å². The van der Waals surface area contributed by atoms with Crippen molar-refractivity contribution in [1.82, 2.24) is 0 Å². The minimum atomic E-state index is -0.341. The van der Waals surface area contributed by atoms with Gasteiger partial charge in [-0.2, -0.15) is 0 Å². The molecule has 290 valence electrons. The largest absolute Gasteiger partial charge is 0.449 e. The predicted molar refractivity (Wildman–Crippen MR) is 247 cm³/mol. The van der Waals surface area contributed by atoms with Crippen LogP contribution >= 0.6 is 0 Å². The lowest BCUT2D eigenvalue weighted by Crippen LogP contribution is -2.32. The van der Waals surface area contributed by atoms with Gasteiger partial charge in [-0.25, -0.2) is 0 Å². The average Bonchev–Trinajstić information content (AvgIpc) is 3.88. The Balaban J connectivity index is 0.906. The molecule has 0 radical (unpaired) electrons. The Morgan fingerprint density at radius 2 is 1.11 bits per heavy atom. The van der Waals surface area contributed by atoms with Crippen molar-refractivity contribution >= 4 is 17.1 Å². The van der Waals surface area contributed by atoms with E-state index in [9.17, 15) is 0 Å². The molecular formula is C58H41NO2.